The third-order valence-corrected chi connectivity index (χ3v) is 3.10. The van der Waals surface area contributed by atoms with Gasteiger partial charge in [0.05, 0.1) is 7.11 Å². The average molecular weight is 359 g/mol. The van der Waals surface area contributed by atoms with E-state index in [1.54, 1.807) is 6.07 Å². The fraction of sp³-hybridized carbons (Fsp3) is 0.0769. The van der Waals surface area contributed by atoms with Gasteiger partial charge in [0, 0.05) is 16.7 Å². The third-order valence-electron chi connectivity index (χ3n) is 2.40. The lowest BCUT2D eigenvalue weighted by Gasteiger charge is -2.10. The summed E-state index contributed by atoms with van der Waals surface area (Å²) in [6.45, 7) is 0. The molecule has 0 aliphatic rings. The van der Waals surface area contributed by atoms with Crippen molar-refractivity contribution in [3.8, 4) is 17.4 Å². The fourth-order valence-corrected chi connectivity index (χ4v) is 2.14. The van der Waals surface area contributed by atoms with E-state index in [4.69, 9.17) is 26.2 Å². The molecule has 104 valence electrons. The van der Waals surface area contributed by atoms with Crippen molar-refractivity contribution >= 4 is 33.5 Å². The van der Waals surface area contributed by atoms with E-state index in [0.29, 0.717) is 10.2 Å². The van der Waals surface area contributed by atoms with Crippen molar-refractivity contribution in [2.75, 3.05) is 7.11 Å². The highest BCUT2D eigenvalue weighted by Crippen LogP contribution is 2.33. The lowest BCUT2D eigenvalue weighted by Crippen LogP contribution is -2.01. The van der Waals surface area contributed by atoms with E-state index < -0.39 is 5.97 Å². The Morgan fingerprint density at radius 1 is 1.40 bits per heavy atom. The van der Waals surface area contributed by atoms with Gasteiger partial charge in [-0.1, -0.05) is 11.6 Å². The topological polar surface area (TPSA) is 68.7 Å². The van der Waals surface area contributed by atoms with E-state index in [1.165, 1.54) is 31.5 Å². The molecule has 2 rings (SSSR count). The number of halogens is 2. The van der Waals surface area contributed by atoms with Crippen molar-refractivity contribution < 1.29 is 19.4 Å². The minimum absolute atomic E-state index is 0.00779. The lowest BCUT2D eigenvalue weighted by molar-refractivity contribution is 0.0694. The predicted molar refractivity (Wildman–Crippen MR) is 77.0 cm³/mol. The molecule has 1 aromatic carbocycles. The van der Waals surface area contributed by atoms with Gasteiger partial charge in [-0.2, -0.15) is 0 Å². The molecule has 0 unspecified atom stereocenters. The van der Waals surface area contributed by atoms with Crippen LogP contribution < -0.4 is 9.47 Å². The molecule has 0 saturated heterocycles. The number of aromatic nitrogens is 1. The van der Waals surface area contributed by atoms with Gasteiger partial charge < -0.3 is 14.6 Å². The van der Waals surface area contributed by atoms with Crippen molar-refractivity contribution in [2.24, 2.45) is 0 Å². The van der Waals surface area contributed by atoms with Crippen LogP contribution in [0.1, 0.15) is 10.4 Å². The van der Waals surface area contributed by atoms with Gasteiger partial charge in [0.2, 0.25) is 5.88 Å². The molecule has 0 saturated carbocycles. The number of carbonyl (C=O) groups is 1. The Morgan fingerprint density at radius 3 is 2.75 bits per heavy atom. The number of methoxy groups -OCH3 is 1. The summed E-state index contributed by atoms with van der Waals surface area (Å²) in [7, 11) is 1.48. The van der Waals surface area contributed by atoms with Crippen LogP contribution in [0.15, 0.2) is 34.9 Å². The summed E-state index contributed by atoms with van der Waals surface area (Å²) in [5, 5.41) is 9.40. The van der Waals surface area contributed by atoms with Crippen molar-refractivity contribution in [1.82, 2.24) is 4.98 Å². The van der Waals surface area contributed by atoms with E-state index in [-0.39, 0.29) is 22.2 Å². The molecule has 0 amide bonds. The average Bonchev–Trinajstić information content (AvgIpc) is 2.41. The quantitative estimate of drug-likeness (QED) is 0.895. The SMILES string of the molecule is COc1ccc(C(=O)O)c(Oc2ncc(Br)cc2Cl)c1. The molecule has 0 atom stereocenters. The zero-order chi connectivity index (χ0) is 14.7. The van der Waals surface area contributed by atoms with Gasteiger partial charge in [0.15, 0.2) is 0 Å². The maximum Gasteiger partial charge on any atom is 0.339 e. The first kappa shape index (κ1) is 14.6. The van der Waals surface area contributed by atoms with E-state index in [2.05, 4.69) is 20.9 Å². The van der Waals surface area contributed by atoms with Crippen LogP contribution >= 0.6 is 27.5 Å². The molecule has 2 aromatic rings. The largest absolute Gasteiger partial charge is 0.497 e. The standard InChI is InChI=1S/C13H9BrClNO4/c1-19-8-2-3-9(13(17)18)11(5-8)20-12-10(15)4-7(14)6-16-12/h2-6H,1H3,(H,17,18). The fourth-order valence-electron chi connectivity index (χ4n) is 1.47. The lowest BCUT2D eigenvalue weighted by atomic mass is 10.2. The normalized spacial score (nSPS) is 10.2. The summed E-state index contributed by atoms with van der Waals surface area (Å²) in [6, 6.07) is 5.99. The second kappa shape index (κ2) is 6.11. The molecule has 1 N–H and O–H groups in total. The first-order valence-corrected chi connectivity index (χ1v) is 6.58. The smallest absolute Gasteiger partial charge is 0.339 e. The van der Waals surface area contributed by atoms with Crippen LogP contribution in [-0.4, -0.2) is 23.2 Å². The van der Waals surface area contributed by atoms with Crippen LogP contribution in [0.5, 0.6) is 17.4 Å². The van der Waals surface area contributed by atoms with E-state index in [9.17, 15) is 4.79 Å². The van der Waals surface area contributed by atoms with Gasteiger partial charge >= 0.3 is 5.97 Å². The summed E-state index contributed by atoms with van der Waals surface area (Å²) in [5.41, 5.74) is -0.00779. The van der Waals surface area contributed by atoms with Crippen LogP contribution in [0.4, 0.5) is 0 Å². The minimum Gasteiger partial charge on any atom is -0.497 e. The molecule has 0 spiro atoms. The highest BCUT2D eigenvalue weighted by atomic mass is 79.9. The molecule has 0 aliphatic carbocycles. The summed E-state index contributed by atoms with van der Waals surface area (Å²) in [6.07, 6.45) is 1.50. The second-order valence-electron chi connectivity index (χ2n) is 3.71. The molecule has 0 aliphatic heterocycles. The summed E-state index contributed by atoms with van der Waals surface area (Å²) in [4.78, 5) is 15.2. The summed E-state index contributed by atoms with van der Waals surface area (Å²) >= 11 is 9.21. The van der Waals surface area contributed by atoms with Gasteiger partial charge in [0.25, 0.3) is 0 Å². The van der Waals surface area contributed by atoms with Crippen molar-refractivity contribution in [2.45, 2.75) is 0 Å². The Morgan fingerprint density at radius 2 is 2.15 bits per heavy atom. The number of carboxylic acid groups (broad SMARTS) is 1. The summed E-state index contributed by atoms with van der Waals surface area (Å²) in [5.74, 6) is -0.423. The van der Waals surface area contributed by atoms with E-state index in [1.807, 2.05) is 0 Å². The Labute approximate surface area is 128 Å². The number of pyridine rings is 1. The first-order valence-electron chi connectivity index (χ1n) is 5.41. The molecule has 1 heterocycles. The molecule has 20 heavy (non-hydrogen) atoms. The number of carboxylic acids is 1. The maximum atomic E-state index is 11.2. The van der Waals surface area contributed by atoms with E-state index in [0.717, 1.165) is 0 Å². The minimum atomic E-state index is -1.11. The molecule has 0 radical (unpaired) electrons. The molecule has 0 bridgehead atoms. The molecule has 1 aromatic heterocycles. The number of benzene rings is 1. The van der Waals surface area contributed by atoms with Crippen molar-refractivity contribution in [3.05, 3.63) is 45.5 Å². The Balaban J connectivity index is 2.43. The van der Waals surface area contributed by atoms with Crippen LogP contribution in [0.2, 0.25) is 5.02 Å². The second-order valence-corrected chi connectivity index (χ2v) is 5.03. The van der Waals surface area contributed by atoms with Crippen LogP contribution in [0, 0.1) is 0 Å². The zero-order valence-electron chi connectivity index (χ0n) is 10.3. The number of hydrogen-bond donors (Lipinski definition) is 1. The van der Waals surface area contributed by atoms with Gasteiger partial charge in [-0.05, 0) is 34.1 Å². The van der Waals surface area contributed by atoms with Gasteiger partial charge in [-0.15, -0.1) is 0 Å². The summed E-state index contributed by atoms with van der Waals surface area (Å²) < 4.78 is 11.2. The van der Waals surface area contributed by atoms with Gasteiger partial charge in [-0.3, -0.25) is 0 Å². The zero-order valence-corrected chi connectivity index (χ0v) is 12.6. The highest BCUT2D eigenvalue weighted by Gasteiger charge is 2.15. The number of ether oxygens (including phenoxy) is 2. The van der Waals surface area contributed by atoms with Crippen molar-refractivity contribution in [3.63, 3.8) is 0 Å². The van der Waals surface area contributed by atoms with E-state index >= 15 is 0 Å². The third kappa shape index (κ3) is 3.20. The first-order chi connectivity index (χ1) is 9.51. The molecule has 7 heteroatoms. The molecule has 0 fully saturated rings. The number of aromatic carboxylic acids is 1. The van der Waals surface area contributed by atoms with Crippen molar-refractivity contribution in [1.29, 1.82) is 0 Å². The molecular formula is C13H9BrClNO4. The Kier molecular flexibility index (Phi) is 4.46. The number of rotatable bonds is 4. The van der Waals surface area contributed by atoms with Crippen LogP contribution in [0.25, 0.3) is 0 Å². The molecule has 5 nitrogen and oxygen atoms in total. The Bertz CT molecular complexity index is 663. The monoisotopic (exact) mass is 357 g/mol. The van der Waals surface area contributed by atoms with Gasteiger partial charge in [0.1, 0.15) is 22.1 Å². The number of nitrogens with zero attached hydrogens (tertiary/aromatic N) is 1. The Hall–Kier alpha value is -1.79. The van der Waals surface area contributed by atoms with Crippen LogP contribution in [-0.2, 0) is 0 Å². The van der Waals surface area contributed by atoms with Crippen LogP contribution in [0.3, 0.4) is 0 Å². The van der Waals surface area contributed by atoms with Gasteiger partial charge in [-0.25, -0.2) is 9.78 Å². The predicted octanol–water partition coefficient (Wildman–Crippen LogP) is 4.00. The molecular weight excluding hydrogens is 350 g/mol. The highest BCUT2D eigenvalue weighted by molar-refractivity contribution is 9.10. The number of hydrogen-bond acceptors (Lipinski definition) is 4. The maximum absolute atomic E-state index is 11.2.